The molecule has 0 aliphatic carbocycles. The number of rotatable bonds is 9. The Bertz CT molecular complexity index is 256. The Labute approximate surface area is 115 Å². The van der Waals surface area contributed by atoms with Gasteiger partial charge in [0.2, 0.25) is 0 Å². The molecule has 0 saturated carbocycles. The molecule has 0 aromatic rings. The maximum absolute atomic E-state index is 11.9. The van der Waals surface area contributed by atoms with Crippen LogP contribution in [0.1, 0.15) is 45.4 Å². The molecule has 0 unspecified atom stereocenters. The van der Waals surface area contributed by atoms with E-state index in [9.17, 15) is 4.79 Å². The molecular formula is C14H26O5. The summed E-state index contributed by atoms with van der Waals surface area (Å²) < 4.78 is 20.9. The van der Waals surface area contributed by atoms with Gasteiger partial charge in [-0.15, -0.1) is 0 Å². The Morgan fingerprint density at radius 3 is 2.68 bits per heavy atom. The Morgan fingerprint density at radius 2 is 2.05 bits per heavy atom. The third-order valence-corrected chi connectivity index (χ3v) is 3.40. The zero-order valence-corrected chi connectivity index (χ0v) is 12.2. The van der Waals surface area contributed by atoms with E-state index in [1.807, 2.05) is 0 Å². The van der Waals surface area contributed by atoms with Crippen molar-refractivity contribution in [1.82, 2.24) is 0 Å². The number of carbonyl (C=O) groups excluding carboxylic acids is 1. The highest BCUT2D eigenvalue weighted by Gasteiger charge is 2.39. The van der Waals surface area contributed by atoms with Crippen LogP contribution in [-0.4, -0.2) is 45.3 Å². The highest BCUT2D eigenvalue weighted by atomic mass is 16.7. The number of unbranched alkanes of at least 4 members (excludes halogenated alkanes) is 3. The van der Waals surface area contributed by atoms with Crippen molar-refractivity contribution in [3.05, 3.63) is 0 Å². The number of cyclic esters (lactones) is 1. The number of carbonyl (C=O) groups is 1. The van der Waals surface area contributed by atoms with E-state index < -0.39 is 6.10 Å². The minimum Gasteiger partial charge on any atom is -0.460 e. The van der Waals surface area contributed by atoms with Crippen LogP contribution in [0.5, 0.6) is 0 Å². The van der Waals surface area contributed by atoms with Crippen LogP contribution in [0.2, 0.25) is 0 Å². The lowest BCUT2D eigenvalue weighted by Crippen LogP contribution is -2.48. The molecule has 1 fully saturated rings. The summed E-state index contributed by atoms with van der Waals surface area (Å²) in [7, 11) is 3.12. The van der Waals surface area contributed by atoms with Crippen molar-refractivity contribution in [3.63, 3.8) is 0 Å². The van der Waals surface area contributed by atoms with Crippen LogP contribution in [-0.2, 0) is 23.7 Å². The molecule has 1 heterocycles. The van der Waals surface area contributed by atoms with Gasteiger partial charge < -0.3 is 18.9 Å². The van der Waals surface area contributed by atoms with Crippen molar-refractivity contribution < 1.29 is 23.7 Å². The van der Waals surface area contributed by atoms with Crippen LogP contribution >= 0.6 is 0 Å². The van der Waals surface area contributed by atoms with E-state index in [4.69, 9.17) is 18.9 Å². The van der Waals surface area contributed by atoms with Gasteiger partial charge in [0.25, 0.3) is 0 Å². The molecule has 5 heteroatoms. The maximum Gasteiger partial charge on any atom is 0.338 e. The lowest BCUT2D eigenvalue weighted by atomic mass is 9.98. The maximum atomic E-state index is 11.9. The van der Waals surface area contributed by atoms with E-state index in [0.717, 1.165) is 12.8 Å². The van der Waals surface area contributed by atoms with Gasteiger partial charge in [-0.2, -0.15) is 0 Å². The summed E-state index contributed by atoms with van der Waals surface area (Å²) in [6, 6.07) is 0. The predicted octanol–water partition coefficient (Wildman–Crippen LogP) is 2.28. The normalized spacial score (nSPS) is 27.3. The molecule has 0 radical (unpaired) electrons. The minimum absolute atomic E-state index is 0.0447. The highest BCUT2D eigenvalue weighted by molar-refractivity contribution is 5.76. The SMILES string of the molecule is CCCCCC[C@@H]1C[C@@H](OC)[C@H](OCOC)C(=O)O1. The van der Waals surface area contributed by atoms with Gasteiger partial charge in [-0.05, 0) is 12.8 Å². The number of methoxy groups -OCH3 is 2. The number of hydrogen-bond acceptors (Lipinski definition) is 5. The Hall–Kier alpha value is -0.650. The molecule has 112 valence electrons. The minimum atomic E-state index is -0.670. The van der Waals surface area contributed by atoms with Crippen LogP contribution in [0.4, 0.5) is 0 Å². The fourth-order valence-electron chi connectivity index (χ4n) is 2.33. The molecule has 0 bridgehead atoms. The smallest absolute Gasteiger partial charge is 0.338 e. The second-order valence-corrected chi connectivity index (χ2v) is 4.91. The quantitative estimate of drug-likeness (QED) is 0.367. The first-order chi connectivity index (χ1) is 9.22. The van der Waals surface area contributed by atoms with E-state index in [1.54, 1.807) is 7.11 Å². The summed E-state index contributed by atoms with van der Waals surface area (Å²) in [5.41, 5.74) is 0. The highest BCUT2D eigenvalue weighted by Crippen LogP contribution is 2.24. The molecule has 19 heavy (non-hydrogen) atoms. The van der Waals surface area contributed by atoms with Crippen molar-refractivity contribution in [2.24, 2.45) is 0 Å². The Balaban J connectivity index is 2.39. The second-order valence-electron chi connectivity index (χ2n) is 4.91. The third-order valence-electron chi connectivity index (χ3n) is 3.40. The lowest BCUT2D eigenvalue weighted by molar-refractivity contribution is -0.201. The first-order valence-electron chi connectivity index (χ1n) is 7.06. The van der Waals surface area contributed by atoms with E-state index >= 15 is 0 Å². The Morgan fingerprint density at radius 1 is 1.26 bits per heavy atom. The molecule has 0 amide bonds. The van der Waals surface area contributed by atoms with Crippen LogP contribution in [0, 0.1) is 0 Å². The third kappa shape index (κ3) is 5.47. The second kappa shape index (κ2) is 9.28. The predicted molar refractivity (Wildman–Crippen MR) is 70.8 cm³/mol. The summed E-state index contributed by atoms with van der Waals surface area (Å²) in [6.45, 7) is 2.25. The molecular weight excluding hydrogens is 248 g/mol. The van der Waals surface area contributed by atoms with Crippen LogP contribution in [0.15, 0.2) is 0 Å². The molecule has 1 rings (SSSR count). The van der Waals surface area contributed by atoms with Gasteiger partial charge in [0, 0.05) is 20.6 Å². The zero-order valence-electron chi connectivity index (χ0n) is 12.2. The average Bonchev–Trinajstić information content (AvgIpc) is 2.42. The number of hydrogen-bond donors (Lipinski definition) is 0. The fourth-order valence-corrected chi connectivity index (χ4v) is 2.33. The largest absolute Gasteiger partial charge is 0.460 e. The monoisotopic (exact) mass is 274 g/mol. The van der Waals surface area contributed by atoms with Crippen molar-refractivity contribution in [3.8, 4) is 0 Å². The van der Waals surface area contributed by atoms with Gasteiger partial charge in [-0.3, -0.25) is 0 Å². The molecule has 5 nitrogen and oxygen atoms in total. The fraction of sp³-hybridized carbons (Fsp3) is 0.929. The van der Waals surface area contributed by atoms with Crippen LogP contribution in [0.3, 0.4) is 0 Å². The molecule has 0 aromatic carbocycles. The average molecular weight is 274 g/mol. The summed E-state index contributed by atoms with van der Waals surface area (Å²) >= 11 is 0. The molecule has 1 saturated heterocycles. The van der Waals surface area contributed by atoms with Gasteiger partial charge >= 0.3 is 5.97 Å². The molecule has 1 aliphatic heterocycles. The molecule has 1 aliphatic rings. The summed E-state index contributed by atoms with van der Waals surface area (Å²) in [5.74, 6) is -0.337. The van der Waals surface area contributed by atoms with Gasteiger partial charge in [-0.25, -0.2) is 4.79 Å². The van der Waals surface area contributed by atoms with Gasteiger partial charge in [-0.1, -0.05) is 26.2 Å². The number of esters is 1. The summed E-state index contributed by atoms with van der Waals surface area (Å²) in [6.07, 6.45) is 5.36. The lowest BCUT2D eigenvalue weighted by Gasteiger charge is -2.33. The standard InChI is InChI=1S/C14H26O5/c1-4-5-6-7-8-11-9-12(17-3)13(14(15)19-11)18-10-16-2/h11-13H,4-10H2,1-3H3/t11-,12-,13+/m1/s1. The molecule has 0 spiro atoms. The van der Waals surface area contributed by atoms with Crippen molar-refractivity contribution in [1.29, 1.82) is 0 Å². The zero-order chi connectivity index (χ0) is 14.1. The first kappa shape index (κ1) is 16.4. The molecule has 0 N–H and O–H groups in total. The number of ether oxygens (including phenoxy) is 4. The topological polar surface area (TPSA) is 54.0 Å². The Kier molecular flexibility index (Phi) is 8.02. The van der Waals surface area contributed by atoms with Gasteiger partial charge in [0.05, 0.1) is 6.10 Å². The van der Waals surface area contributed by atoms with Crippen molar-refractivity contribution in [2.45, 2.75) is 63.8 Å². The first-order valence-corrected chi connectivity index (χ1v) is 7.06. The molecule has 3 atom stereocenters. The van der Waals surface area contributed by atoms with E-state index in [-0.39, 0.29) is 25.0 Å². The van der Waals surface area contributed by atoms with Gasteiger partial charge in [0.1, 0.15) is 12.9 Å². The van der Waals surface area contributed by atoms with E-state index in [0.29, 0.717) is 6.42 Å². The van der Waals surface area contributed by atoms with E-state index in [1.165, 1.54) is 26.4 Å². The van der Waals surface area contributed by atoms with Crippen molar-refractivity contribution >= 4 is 5.97 Å². The molecule has 0 aromatic heterocycles. The van der Waals surface area contributed by atoms with Gasteiger partial charge in [0.15, 0.2) is 6.10 Å². The summed E-state index contributed by atoms with van der Waals surface area (Å²) in [5, 5.41) is 0. The van der Waals surface area contributed by atoms with Crippen LogP contribution in [0.25, 0.3) is 0 Å². The summed E-state index contributed by atoms with van der Waals surface area (Å²) in [4.78, 5) is 11.9. The van der Waals surface area contributed by atoms with Crippen LogP contribution < -0.4 is 0 Å². The van der Waals surface area contributed by atoms with Crippen molar-refractivity contribution in [2.75, 3.05) is 21.0 Å². The van der Waals surface area contributed by atoms with E-state index in [2.05, 4.69) is 6.92 Å².